The lowest BCUT2D eigenvalue weighted by molar-refractivity contribution is 0.0306. The number of hydrogen-bond donors (Lipinski definition) is 0. The third-order valence-corrected chi connectivity index (χ3v) is 4.49. The smallest absolute Gasteiger partial charge is 0.111 e. The van der Waals surface area contributed by atoms with Crippen molar-refractivity contribution in [2.24, 2.45) is 20.0 Å². The molecule has 134 valence electrons. The van der Waals surface area contributed by atoms with Crippen LogP contribution in [0.15, 0.2) is 20.0 Å². The van der Waals surface area contributed by atoms with E-state index in [1.807, 2.05) is 13.3 Å². The normalized spacial score (nSPS) is 22.1. The van der Waals surface area contributed by atoms with Gasteiger partial charge in [0.1, 0.15) is 12.5 Å². The zero-order valence-electron chi connectivity index (χ0n) is 15.0. The molecule has 2 heterocycles. The van der Waals surface area contributed by atoms with Crippen LogP contribution < -0.4 is 0 Å². The summed E-state index contributed by atoms with van der Waals surface area (Å²) in [5, 5.41) is 0. The van der Waals surface area contributed by atoms with E-state index in [1.54, 1.807) is 6.34 Å². The fourth-order valence-electron chi connectivity index (χ4n) is 3.01. The monoisotopic (exact) mass is 334 g/mol. The van der Waals surface area contributed by atoms with E-state index in [0.29, 0.717) is 12.6 Å². The van der Waals surface area contributed by atoms with Crippen molar-refractivity contribution < 1.29 is 4.74 Å². The van der Waals surface area contributed by atoms with E-state index in [4.69, 9.17) is 4.74 Å². The molecule has 0 spiro atoms. The van der Waals surface area contributed by atoms with Gasteiger partial charge in [0, 0.05) is 44.5 Å². The summed E-state index contributed by atoms with van der Waals surface area (Å²) < 4.78 is 5.46. The van der Waals surface area contributed by atoms with Gasteiger partial charge in [0.05, 0.1) is 19.4 Å². The molecule has 0 aromatic rings. The fraction of sp³-hybridized carbons (Fsp3) is 0.765. The van der Waals surface area contributed by atoms with Gasteiger partial charge in [-0.25, -0.2) is 4.99 Å². The highest BCUT2D eigenvalue weighted by atomic mass is 16.5. The van der Waals surface area contributed by atoms with E-state index in [9.17, 15) is 0 Å². The first kappa shape index (κ1) is 18.7. The van der Waals surface area contributed by atoms with Crippen LogP contribution in [0.1, 0.15) is 26.2 Å². The third kappa shape index (κ3) is 5.79. The summed E-state index contributed by atoms with van der Waals surface area (Å²) in [6.07, 6.45) is 6.80. The van der Waals surface area contributed by atoms with Crippen molar-refractivity contribution in [3.63, 3.8) is 0 Å². The van der Waals surface area contributed by atoms with Crippen LogP contribution in [-0.2, 0) is 4.74 Å². The lowest BCUT2D eigenvalue weighted by Gasteiger charge is -2.36. The minimum absolute atomic E-state index is 0.170. The Bertz CT molecular complexity index is 470. The van der Waals surface area contributed by atoms with Gasteiger partial charge in [-0.05, 0) is 33.5 Å². The molecule has 1 unspecified atom stereocenters. The Balaban J connectivity index is 1.90. The summed E-state index contributed by atoms with van der Waals surface area (Å²) in [6, 6.07) is 0.544. The number of nitrogens with zero attached hydrogens (tertiary/aromatic N) is 6. The van der Waals surface area contributed by atoms with E-state index >= 15 is 0 Å². The summed E-state index contributed by atoms with van der Waals surface area (Å²) in [5.74, 6) is 0. The largest absolute Gasteiger partial charge is 0.381 e. The predicted molar refractivity (Wildman–Crippen MR) is 101 cm³/mol. The molecule has 0 aliphatic carbocycles. The van der Waals surface area contributed by atoms with Gasteiger partial charge in [0.15, 0.2) is 0 Å². The van der Waals surface area contributed by atoms with Crippen LogP contribution in [0.4, 0.5) is 0 Å². The molecule has 0 aromatic carbocycles. The Hall–Kier alpha value is -1.60. The zero-order chi connectivity index (χ0) is 17.2. The predicted octanol–water partition coefficient (Wildman–Crippen LogP) is 1.35. The van der Waals surface area contributed by atoms with Crippen molar-refractivity contribution in [3.05, 3.63) is 0 Å². The molecule has 7 nitrogen and oxygen atoms in total. The Labute approximate surface area is 145 Å². The molecule has 2 rings (SSSR count). The molecule has 0 saturated carbocycles. The highest BCUT2D eigenvalue weighted by molar-refractivity contribution is 5.94. The summed E-state index contributed by atoms with van der Waals surface area (Å²) in [4.78, 5) is 21.9. The van der Waals surface area contributed by atoms with Gasteiger partial charge in [0.25, 0.3) is 0 Å². The van der Waals surface area contributed by atoms with E-state index < -0.39 is 0 Å². The topological polar surface area (TPSA) is 65.2 Å². The highest BCUT2D eigenvalue weighted by Gasteiger charge is 2.26. The second-order valence-corrected chi connectivity index (χ2v) is 6.19. The van der Waals surface area contributed by atoms with Crippen molar-refractivity contribution in [2.45, 2.75) is 38.4 Å². The van der Waals surface area contributed by atoms with Crippen molar-refractivity contribution >= 4 is 25.1 Å². The van der Waals surface area contributed by atoms with Gasteiger partial charge < -0.3 is 9.64 Å². The number of rotatable bonds is 9. The van der Waals surface area contributed by atoms with Gasteiger partial charge in [-0.1, -0.05) is 0 Å². The van der Waals surface area contributed by atoms with Crippen LogP contribution in [0.5, 0.6) is 0 Å². The van der Waals surface area contributed by atoms with Crippen LogP contribution in [0.3, 0.4) is 0 Å². The van der Waals surface area contributed by atoms with Gasteiger partial charge >= 0.3 is 0 Å². The molecule has 24 heavy (non-hydrogen) atoms. The standard InChI is InChI=1S/C17H30N6O/c1-4-19-14-23(8-7-18-2)12-15-11-17(21-13-20-15)22(3)16-5-9-24-10-6-16/h13-14,16-17H,2,4-12H2,1,3H3/b19-14-. The Morgan fingerprint density at radius 2 is 2.21 bits per heavy atom. The Morgan fingerprint density at radius 3 is 2.92 bits per heavy atom. The number of hydrogen-bond acceptors (Lipinski definition) is 6. The molecule has 7 heteroatoms. The van der Waals surface area contributed by atoms with Crippen molar-refractivity contribution in [2.75, 3.05) is 46.4 Å². The average molecular weight is 334 g/mol. The van der Waals surface area contributed by atoms with Crippen molar-refractivity contribution in [1.82, 2.24) is 9.80 Å². The van der Waals surface area contributed by atoms with Crippen molar-refractivity contribution in [1.29, 1.82) is 0 Å². The molecule has 0 N–H and O–H groups in total. The summed E-state index contributed by atoms with van der Waals surface area (Å²) in [7, 11) is 2.17. The Kier molecular flexibility index (Phi) is 8.04. The quantitative estimate of drug-likeness (QED) is 0.472. The maximum atomic E-state index is 5.46. The second-order valence-electron chi connectivity index (χ2n) is 6.19. The zero-order valence-corrected chi connectivity index (χ0v) is 15.0. The maximum absolute atomic E-state index is 5.46. The average Bonchev–Trinajstić information content (AvgIpc) is 2.64. The number of ether oxygens (including phenoxy) is 1. The molecule has 1 saturated heterocycles. The molecule has 2 aliphatic heterocycles. The minimum atomic E-state index is 0.170. The van der Waals surface area contributed by atoms with E-state index in [2.05, 4.69) is 43.5 Å². The van der Waals surface area contributed by atoms with E-state index in [1.165, 1.54) is 0 Å². The van der Waals surface area contributed by atoms with Gasteiger partial charge in [-0.2, -0.15) is 0 Å². The fourth-order valence-corrected chi connectivity index (χ4v) is 3.01. The van der Waals surface area contributed by atoms with E-state index in [-0.39, 0.29) is 6.17 Å². The first-order valence-electron chi connectivity index (χ1n) is 8.78. The lowest BCUT2D eigenvalue weighted by Crippen LogP contribution is -2.45. The lowest BCUT2D eigenvalue weighted by atomic mass is 10.1. The summed E-state index contributed by atoms with van der Waals surface area (Å²) in [6.45, 7) is 10.3. The summed E-state index contributed by atoms with van der Waals surface area (Å²) >= 11 is 0. The van der Waals surface area contributed by atoms with Crippen LogP contribution in [0, 0.1) is 0 Å². The first-order valence-corrected chi connectivity index (χ1v) is 8.78. The van der Waals surface area contributed by atoms with Crippen LogP contribution >= 0.6 is 0 Å². The SMILES string of the molecule is C=NCCN(/C=N\CC)CC1=NC=NC(N(C)C2CCOCC2)C1. The molecule has 1 fully saturated rings. The van der Waals surface area contributed by atoms with Crippen LogP contribution in [-0.4, -0.2) is 93.6 Å². The Morgan fingerprint density at radius 1 is 1.42 bits per heavy atom. The highest BCUT2D eigenvalue weighted by Crippen LogP contribution is 2.19. The van der Waals surface area contributed by atoms with Crippen molar-refractivity contribution in [3.8, 4) is 0 Å². The molecule has 1 atom stereocenters. The van der Waals surface area contributed by atoms with Gasteiger partial charge in [-0.15, -0.1) is 0 Å². The molecule has 0 aromatic heterocycles. The van der Waals surface area contributed by atoms with Gasteiger partial charge in [0.2, 0.25) is 0 Å². The third-order valence-electron chi connectivity index (χ3n) is 4.49. The summed E-state index contributed by atoms with van der Waals surface area (Å²) in [5.41, 5.74) is 1.14. The molecule has 2 aliphatic rings. The van der Waals surface area contributed by atoms with E-state index in [0.717, 1.165) is 57.8 Å². The molecule has 0 bridgehead atoms. The molecular formula is C17H30N6O. The maximum Gasteiger partial charge on any atom is 0.111 e. The molecular weight excluding hydrogens is 304 g/mol. The van der Waals surface area contributed by atoms with Crippen LogP contribution in [0.25, 0.3) is 0 Å². The minimum Gasteiger partial charge on any atom is -0.381 e. The molecule has 0 radical (unpaired) electrons. The molecule has 0 amide bonds. The second kappa shape index (κ2) is 10.3. The van der Waals surface area contributed by atoms with Gasteiger partial charge in [-0.3, -0.25) is 19.9 Å². The number of aliphatic imine (C=N–C) groups is 4. The van der Waals surface area contributed by atoms with Crippen LogP contribution in [0.2, 0.25) is 0 Å². The first-order chi connectivity index (χ1) is 11.7.